The van der Waals surface area contributed by atoms with Gasteiger partial charge in [0, 0.05) is 17.8 Å². The van der Waals surface area contributed by atoms with Crippen LogP contribution in [0.1, 0.15) is 17.2 Å². The second kappa shape index (κ2) is 4.57. The highest BCUT2D eigenvalue weighted by molar-refractivity contribution is 5.49. The molecule has 1 rings (SSSR count). The van der Waals surface area contributed by atoms with Gasteiger partial charge in [0.25, 0.3) is 0 Å². The van der Waals surface area contributed by atoms with Crippen molar-refractivity contribution in [3.05, 3.63) is 29.1 Å². The van der Waals surface area contributed by atoms with Gasteiger partial charge in [-0.1, -0.05) is 0 Å². The maximum Gasteiger partial charge on any atom is 0.129 e. The first-order chi connectivity index (χ1) is 6.97. The van der Waals surface area contributed by atoms with E-state index >= 15 is 0 Å². The van der Waals surface area contributed by atoms with Crippen molar-refractivity contribution in [1.82, 2.24) is 0 Å². The van der Waals surface area contributed by atoms with E-state index in [4.69, 9.17) is 11.5 Å². The quantitative estimate of drug-likeness (QED) is 0.536. The lowest BCUT2D eigenvalue weighted by Crippen LogP contribution is -2.27. The Kier molecular flexibility index (Phi) is 3.62. The van der Waals surface area contributed by atoms with Crippen LogP contribution in [-0.2, 0) is 0 Å². The molecule has 0 fully saturated rings. The Morgan fingerprint density at radius 2 is 2.00 bits per heavy atom. The molecule has 0 saturated heterocycles. The van der Waals surface area contributed by atoms with Gasteiger partial charge in [0.15, 0.2) is 0 Å². The summed E-state index contributed by atoms with van der Waals surface area (Å²) in [6, 6.07) is 2.53. The summed E-state index contributed by atoms with van der Waals surface area (Å²) in [5, 5.41) is 18.8. The van der Waals surface area contributed by atoms with E-state index in [9.17, 15) is 14.6 Å². The first kappa shape index (κ1) is 11.9. The molecule has 6 N–H and O–H groups in total. The number of benzene rings is 1. The first-order valence-corrected chi connectivity index (χ1v) is 4.59. The van der Waals surface area contributed by atoms with E-state index in [2.05, 4.69) is 0 Å². The van der Waals surface area contributed by atoms with Crippen molar-refractivity contribution in [2.24, 2.45) is 5.73 Å². The van der Waals surface area contributed by atoms with Crippen LogP contribution in [0.3, 0.4) is 0 Å². The molecule has 0 aliphatic rings. The van der Waals surface area contributed by atoms with Crippen LogP contribution >= 0.6 is 0 Å². The summed E-state index contributed by atoms with van der Waals surface area (Å²) >= 11 is 0. The summed E-state index contributed by atoms with van der Waals surface area (Å²) in [5.74, 6) is -0.596. The van der Waals surface area contributed by atoms with E-state index in [1.165, 1.54) is 12.1 Å². The number of hydrogen-bond acceptors (Lipinski definition) is 4. The molecule has 4 nitrogen and oxygen atoms in total. The van der Waals surface area contributed by atoms with Gasteiger partial charge in [0.2, 0.25) is 0 Å². The van der Waals surface area contributed by atoms with Gasteiger partial charge in [-0.25, -0.2) is 4.39 Å². The maximum absolute atomic E-state index is 13.4. The highest BCUT2D eigenvalue weighted by Crippen LogP contribution is 2.24. The number of aliphatic hydroxyl groups is 2. The van der Waals surface area contributed by atoms with Gasteiger partial charge in [-0.2, -0.15) is 0 Å². The van der Waals surface area contributed by atoms with E-state index in [1.807, 2.05) is 0 Å². The van der Waals surface area contributed by atoms with Gasteiger partial charge in [-0.05, 0) is 24.6 Å². The molecule has 0 saturated carbocycles. The number of rotatable bonds is 3. The second-order valence-electron chi connectivity index (χ2n) is 3.48. The predicted molar refractivity (Wildman–Crippen MR) is 55.6 cm³/mol. The van der Waals surface area contributed by atoms with E-state index in [1.54, 1.807) is 6.92 Å². The summed E-state index contributed by atoms with van der Waals surface area (Å²) in [7, 11) is 0. The fraction of sp³-hybridized carbons (Fsp3) is 0.400. The van der Waals surface area contributed by atoms with Crippen LogP contribution in [0.5, 0.6) is 0 Å². The molecule has 2 atom stereocenters. The van der Waals surface area contributed by atoms with Crippen LogP contribution in [0.2, 0.25) is 0 Å². The van der Waals surface area contributed by atoms with E-state index < -0.39 is 18.0 Å². The zero-order valence-corrected chi connectivity index (χ0v) is 8.44. The van der Waals surface area contributed by atoms with Crippen LogP contribution in [0.15, 0.2) is 12.1 Å². The standard InChI is InChI=1S/C10H15FN2O2/c1-5-2-7(11)6(3-8(5)13)10(15)9(14)4-12/h2-3,9-10,14-15H,4,12-13H2,1H3. The summed E-state index contributed by atoms with van der Waals surface area (Å²) in [6.45, 7) is 1.52. The van der Waals surface area contributed by atoms with E-state index in [-0.39, 0.29) is 12.1 Å². The van der Waals surface area contributed by atoms with Crippen molar-refractivity contribution in [3.8, 4) is 0 Å². The van der Waals surface area contributed by atoms with Crippen LogP contribution in [0.25, 0.3) is 0 Å². The van der Waals surface area contributed by atoms with Crippen LogP contribution in [0, 0.1) is 12.7 Å². The topological polar surface area (TPSA) is 92.5 Å². The van der Waals surface area contributed by atoms with Crippen molar-refractivity contribution in [3.63, 3.8) is 0 Å². The predicted octanol–water partition coefficient (Wildman–Crippen LogP) is 0.0693. The van der Waals surface area contributed by atoms with Crippen LogP contribution in [-0.4, -0.2) is 22.9 Å². The average Bonchev–Trinajstić information content (AvgIpc) is 2.21. The molecule has 0 aromatic heterocycles. The molecule has 0 bridgehead atoms. The highest BCUT2D eigenvalue weighted by Gasteiger charge is 2.21. The van der Waals surface area contributed by atoms with Crippen LogP contribution in [0.4, 0.5) is 10.1 Å². The molecule has 0 radical (unpaired) electrons. The summed E-state index contributed by atoms with van der Waals surface area (Å²) < 4.78 is 13.4. The lowest BCUT2D eigenvalue weighted by molar-refractivity contribution is 0.0222. The largest absolute Gasteiger partial charge is 0.399 e. The van der Waals surface area contributed by atoms with Crippen molar-refractivity contribution >= 4 is 5.69 Å². The third-order valence-electron chi connectivity index (χ3n) is 2.31. The number of anilines is 1. The molecule has 5 heteroatoms. The number of nitrogen functional groups attached to an aromatic ring is 1. The van der Waals surface area contributed by atoms with Crippen molar-refractivity contribution in [2.45, 2.75) is 19.1 Å². The molecule has 0 aliphatic heterocycles. The van der Waals surface area contributed by atoms with Crippen LogP contribution < -0.4 is 11.5 Å². The SMILES string of the molecule is Cc1cc(F)c(C(O)C(O)CN)cc1N. The molecule has 15 heavy (non-hydrogen) atoms. The second-order valence-corrected chi connectivity index (χ2v) is 3.48. The minimum atomic E-state index is -1.35. The number of hydrogen-bond donors (Lipinski definition) is 4. The van der Waals surface area contributed by atoms with Crippen molar-refractivity contribution in [1.29, 1.82) is 0 Å². The first-order valence-electron chi connectivity index (χ1n) is 4.59. The Bertz CT molecular complexity index is 358. The van der Waals surface area contributed by atoms with Crippen molar-refractivity contribution < 1.29 is 14.6 Å². The van der Waals surface area contributed by atoms with Gasteiger partial charge < -0.3 is 21.7 Å². The zero-order chi connectivity index (χ0) is 11.6. The zero-order valence-electron chi connectivity index (χ0n) is 8.44. The average molecular weight is 214 g/mol. The molecule has 1 aromatic carbocycles. The maximum atomic E-state index is 13.4. The molecule has 0 aliphatic carbocycles. The molecular weight excluding hydrogens is 199 g/mol. The Morgan fingerprint density at radius 3 is 2.53 bits per heavy atom. The smallest absolute Gasteiger partial charge is 0.129 e. The molecule has 84 valence electrons. The molecule has 2 unspecified atom stereocenters. The monoisotopic (exact) mass is 214 g/mol. The Balaban J connectivity index is 3.09. The van der Waals surface area contributed by atoms with E-state index in [0.717, 1.165) is 0 Å². The molecule has 0 heterocycles. The third-order valence-corrected chi connectivity index (χ3v) is 2.31. The number of halogens is 1. The Labute approximate surface area is 87.3 Å². The highest BCUT2D eigenvalue weighted by atomic mass is 19.1. The number of aryl methyl sites for hydroxylation is 1. The van der Waals surface area contributed by atoms with Gasteiger partial charge in [-0.3, -0.25) is 0 Å². The summed E-state index contributed by atoms with van der Waals surface area (Å²) in [6.07, 6.45) is -2.54. The number of nitrogens with two attached hydrogens (primary N) is 2. The fourth-order valence-electron chi connectivity index (χ4n) is 1.27. The fourth-order valence-corrected chi connectivity index (χ4v) is 1.27. The summed E-state index contributed by atoms with van der Waals surface area (Å²) in [4.78, 5) is 0. The molecule has 0 spiro atoms. The molecular formula is C10H15FN2O2. The minimum absolute atomic E-state index is 0.0314. The minimum Gasteiger partial charge on any atom is -0.399 e. The van der Waals surface area contributed by atoms with Gasteiger partial charge >= 0.3 is 0 Å². The summed E-state index contributed by atoms with van der Waals surface area (Å²) in [5.41, 5.74) is 11.7. The molecule has 0 amide bonds. The van der Waals surface area contributed by atoms with E-state index in [0.29, 0.717) is 11.3 Å². The lowest BCUT2D eigenvalue weighted by atomic mass is 10.0. The van der Waals surface area contributed by atoms with Gasteiger partial charge in [0.05, 0.1) is 6.10 Å². The van der Waals surface area contributed by atoms with Crippen molar-refractivity contribution in [2.75, 3.05) is 12.3 Å². The van der Waals surface area contributed by atoms with Gasteiger partial charge in [-0.15, -0.1) is 0 Å². The number of aliphatic hydroxyl groups excluding tert-OH is 2. The van der Waals surface area contributed by atoms with Gasteiger partial charge in [0.1, 0.15) is 11.9 Å². The molecule has 1 aromatic rings. The third kappa shape index (κ3) is 2.44. The lowest BCUT2D eigenvalue weighted by Gasteiger charge is -2.18. The normalized spacial score (nSPS) is 15.0. The Hall–Kier alpha value is -1.17. The Morgan fingerprint density at radius 1 is 1.40 bits per heavy atom.